The molecule has 0 aromatic carbocycles. The number of aliphatic hydroxyl groups is 2. The maximum Gasteiger partial charge on any atom is 0.323 e. The zero-order valence-corrected chi connectivity index (χ0v) is 16.6. The van der Waals surface area contributed by atoms with E-state index in [4.69, 9.17) is 16.2 Å². The number of nitrogens with two attached hydrogens (primary N) is 2. The van der Waals surface area contributed by atoms with E-state index in [-0.39, 0.29) is 18.8 Å². The van der Waals surface area contributed by atoms with Crippen molar-refractivity contribution in [3.63, 3.8) is 0 Å². The molecule has 10 heteroatoms. The van der Waals surface area contributed by atoms with Gasteiger partial charge in [-0.2, -0.15) is 10.4 Å². The maximum atomic E-state index is 12.2. The predicted octanol–water partition coefficient (Wildman–Crippen LogP) is -0.269. The van der Waals surface area contributed by atoms with Crippen LogP contribution in [0.2, 0.25) is 0 Å². The van der Waals surface area contributed by atoms with Gasteiger partial charge in [-0.05, 0) is 24.0 Å². The number of anilines is 1. The van der Waals surface area contributed by atoms with Crippen molar-refractivity contribution in [3.8, 4) is 6.07 Å². The van der Waals surface area contributed by atoms with E-state index in [0.717, 1.165) is 0 Å². The third-order valence-corrected chi connectivity index (χ3v) is 5.66. The Morgan fingerprint density at radius 2 is 2.17 bits per heavy atom. The molecule has 0 saturated heterocycles. The van der Waals surface area contributed by atoms with E-state index < -0.39 is 41.0 Å². The molecule has 0 unspecified atom stereocenters. The molecule has 0 radical (unpaired) electrons. The minimum absolute atomic E-state index is 0.0693. The van der Waals surface area contributed by atoms with E-state index in [0.29, 0.717) is 11.2 Å². The Morgan fingerprint density at radius 3 is 2.79 bits per heavy atom. The second-order valence-corrected chi connectivity index (χ2v) is 8.62. The topological polar surface area (TPSA) is 173 Å². The molecule has 1 aliphatic carbocycles. The number of carbonyl (C=O) groups is 1. The Bertz CT molecular complexity index is 962. The van der Waals surface area contributed by atoms with Gasteiger partial charge in [0.05, 0.1) is 24.5 Å². The highest BCUT2D eigenvalue weighted by molar-refractivity contribution is 5.76. The molecular weight excluding hydrogens is 376 g/mol. The SMILES string of the molecule is CC(C)(C)[C@@H](N)C(=O)OC[C@H]1C[C@@](C#N)(c2ccc3c(N)ncnn23)[C@H](O)[C@@H]1O. The average Bonchev–Trinajstić information content (AvgIpc) is 3.21. The molecule has 6 N–H and O–H groups in total. The van der Waals surface area contributed by atoms with Crippen molar-refractivity contribution in [1.82, 2.24) is 14.6 Å². The number of nitriles is 1. The van der Waals surface area contributed by atoms with Crippen LogP contribution >= 0.6 is 0 Å². The summed E-state index contributed by atoms with van der Waals surface area (Å²) in [5, 5.41) is 35.4. The quantitative estimate of drug-likeness (QED) is 0.502. The zero-order valence-electron chi connectivity index (χ0n) is 16.6. The minimum Gasteiger partial charge on any atom is -0.464 e. The van der Waals surface area contributed by atoms with Crippen molar-refractivity contribution in [3.05, 3.63) is 24.2 Å². The Balaban J connectivity index is 1.86. The van der Waals surface area contributed by atoms with Crippen LogP contribution in [0.3, 0.4) is 0 Å². The molecule has 156 valence electrons. The van der Waals surface area contributed by atoms with Gasteiger partial charge in [-0.15, -0.1) is 0 Å². The molecule has 1 aliphatic rings. The molecule has 0 amide bonds. The van der Waals surface area contributed by atoms with Gasteiger partial charge in [-0.25, -0.2) is 9.50 Å². The van der Waals surface area contributed by atoms with Crippen LogP contribution in [0.4, 0.5) is 5.82 Å². The molecule has 0 aliphatic heterocycles. The monoisotopic (exact) mass is 402 g/mol. The lowest BCUT2D eigenvalue weighted by Gasteiger charge is -2.26. The standard InChI is InChI=1S/C19H26N6O4/c1-18(2,3)14(21)17(28)29-7-10-6-19(8-20,15(27)13(10)26)12-5-4-11-16(22)23-9-24-25(11)12/h4-5,9-10,13-15,26-27H,6-7,21H2,1-3H3,(H2,22,23,24)/t10-,13-,14+,15-,19-/m1/s1. The summed E-state index contributed by atoms with van der Waals surface area (Å²) >= 11 is 0. The van der Waals surface area contributed by atoms with Crippen LogP contribution < -0.4 is 11.5 Å². The second-order valence-electron chi connectivity index (χ2n) is 8.62. The molecule has 2 aromatic rings. The molecule has 0 bridgehead atoms. The van der Waals surface area contributed by atoms with Crippen molar-refractivity contribution in [1.29, 1.82) is 5.26 Å². The van der Waals surface area contributed by atoms with E-state index in [1.165, 1.54) is 10.8 Å². The number of hydrogen-bond donors (Lipinski definition) is 4. The van der Waals surface area contributed by atoms with E-state index in [9.17, 15) is 20.3 Å². The molecular formula is C19H26N6O4. The number of rotatable bonds is 4. The average molecular weight is 402 g/mol. The number of carbonyl (C=O) groups excluding carboxylic acids is 1. The zero-order chi connectivity index (χ0) is 21.6. The Hall–Kier alpha value is -2.74. The number of aromatic nitrogens is 3. The summed E-state index contributed by atoms with van der Waals surface area (Å²) in [6.07, 6.45) is -1.35. The summed E-state index contributed by atoms with van der Waals surface area (Å²) in [4.78, 5) is 16.1. The van der Waals surface area contributed by atoms with Crippen molar-refractivity contribution in [2.24, 2.45) is 17.1 Å². The lowest BCUT2D eigenvalue weighted by Crippen LogP contribution is -2.44. The van der Waals surface area contributed by atoms with Gasteiger partial charge in [0.2, 0.25) is 0 Å². The molecule has 29 heavy (non-hydrogen) atoms. The van der Waals surface area contributed by atoms with Crippen LogP contribution in [0.1, 0.15) is 32.9 Å². The van der Waals surface area contributed by atoms with Crippen molar-refractivity contribution in [2.75, 3.05) is 12.3 Å². The molecule has 1 saturated carbocycles. The first kappa shape index (κ1) is 21.0. The third kappa shape index (κ3) is 3.42. The van der Waals surface area contributed by atoms with E-state index >= 15 is 0 Å². The third-order valence-electron chi connectivity index (χ3n) is 5.66. The van der Waals surface area contributed by atoms with E-state index in [2.05, 4.69) is 16.2 Å². The number of esters is 1. The fourth-order valence-corrected chi connectivity index (χ4v) is 3.71. The fraction of sp³-hybridized carbons (Fsp3) is 0.579. The smallest absolute Gasteiger partial charge is 0.323 e. The highest BCUT2D eigenvalue weighted by Crippen LogP contribution is 2.45. The molecule has 3 rings (SSSR count). The van der Waals surface area contributed by atoms with Crippen LogP contribution in [0.25, 0.3) is 5.52 Å². The molecule has 0 spiro atoms. The second kappa shape index (κ2) is 7.26. The number of hydrogen-bond acceptors (Lipinski definition) is 9. The van der Waals surface area contributed by atoms with E-state index in [1.54, 1.807) is 12.1 Å². The summed E-state index contributed by atoms with van der Waals surface area (Å²) in [6, 6.07) is 4.59. The van der Waals surface area contributed by atoms with Crippen LogP contribution in [0.15, 0.2) is 18.5 Å². The maximum absolute atomic E-state index is 12.2. The van der Waals surface area contributed by atoms with Gasteiger partial charge < -0.3 is 26.4 Å². The number of fused-ring (bicyclic) bond motifs is 1. The van der Waals surface area contributed by atoms with Gasteiger partial charge >= 0.3 is 5.97 Å². The number of nitrogen functional groups attached to an aromatic ring is 1. The molecule has 5 atom stereocenters. The Kier molecular flexibility index (Phi) is 5.25. The summed E-state index contributed by atoms with van der Waals surface area (Å²) in [5.41, 5.74) is 10.7. The molecule has 2 aromatic heterocycles. The van der Waals surface area contributed by atoms with Gasteiger partial charge in [-0.3, -0.25) is 4.79 Å². The van der Waals surface area contributed by atoms with Crippen molar-refractivity contribution < 1.29 is 19.7 Å². The fourth-order valence-electron chi connectivity index (χ4n) is 3.71. The number of aliphatic hydroxyl groups excluding tert-OH is 2. The van der Waals surface area contributed by atoms with Crippen LogP contribution in [-0.4, -0.2) is 55.6 Å². The lowest BCUT2D eigenvalue weighted by atomic mass is 9.81. The summed E-state index contributed by atoms with van der Waals surface area (Å²) in [5.74, 6) is -1.01. The van der Waals surface area contributed by atoms with Crippen molar-refractivity contribution >= 4 is 17.3 Å². The Labute approximate surface area is 168 Å². The van der Waals surface area contributed by atoms with Gasteiger partial charge in [0.1, 0.15) is 29.4 Å². The van der Waals surface area contributed by atoms with Gasteiger partial charge in [0.25, 0.3) is 0 Å². The summed E-state index contributed by atoms with van der Waals surface area (Å²) in [6.45, 7) is 5.29. The first-order chi connectivity index (χ1) is 13.5. The molecule has 10 nitrogen and oxygen atoms in total. The normalized spacial score (nSPS) is 28.2. The number of ether oxygens (including phenoxy) is 1. The largest absolute Gasteiger partial charge is 0.464 e. The van der Waals surface area contributed by atoms with Crippen LogP contribution in [-0.2, 0) is 14.9 Å². The Morgan fingerprint density at radius 1 is 1.48 bits per heavy atom. The predicted molar refractivity (Wildman–Crippen MR) is 103 cm³/mol. The summed E-state index contributed by atoms with van der Waals surface area (Å²) < 4.78 is 6.73. The molecule has 2 heterocycles. The highest BCUT2D eigenvalue weighted by Gasteiger charge is 2.56. The number of nitrogens with zero attached hydrogens (tertiary/aromatic N) is 4. The highest BCUT2D eigenvalue weighted by atomic mass is 16.5. The van der Waals surface area contributed by atoms with Gasteiger partial charge in [-0.1, -0.05) is 20.8 Å². The van der Waals surface area contributed by atoms with Gasteiger partial charge in [0.15, 0.2) is 5.82 Å². The first-order valence-electron chi connectivity index (χ1n) is 9.31. The summed E-state index contributed by atoms with van der Waals surface area (Å²) in [7, 11) is 0. The lowest BCUT2D eigenvalue weighted by molar-refractivity contribution is -0.150. The first-order valence-corrected chi connectivity index (χ1v) is 9.31. The van der Waals surface area contributed by atoms with Gasteiger partial charge in [0, 0.05) is 5.92 Å². The van der Waals surface area contributed by atoms with Crippen LogP contribution in [0, 0.1) is 22.7 Å². The van der Waals surface area contributed by atoms with Crippen LogP contribution in [0.5, 0.6) is 0 Å². The minimum atomic E-state index is -1.45. The molecule has 1 fully saturated rings. The van der Waals surface area contributed by atoms with Crippen molar-refractivity contribution in [2.45, 2.75) is 50.9 Å². The van der Waals surface area contributed by atoms with E-state index in [1.807, 2.05) is 20.8 Å².